The molecule has 120 valence electrons. The fourth-order valence-electron chi connectivity index (χ4n) is 1.87. The Labute approximate surface area is 135 Å². The summed E-state index contributed by atoms with van der Waals surface area (Å²) in [5.74, 6) is 1.12. The normalized spacial score (nSPS) is 10.5. The number of benzene rings is 2. The number of rotatable bonds is 7. The Balaban J connectivity index is 1.76. The summed E-state index contributed by atoms with van der Waals surface area (Å²) in [6, 6.07) is 15.0. The Morgan fingerprint density at radius 2 is 1.74 bits per heavy atom. The predicted molar refractivity (Wildman–Crippen MR) is 90.0 cm³/mol. The van der Waals surface area contributed by atoms with E-state index >= 15 is 0 Å². The Hall–Kier alpha value is -2.82. The van der Waals surface area contributed by atoms with Gasteiger partial charge in [-0.25, -0.2) is 5.43 Å². The third-order valence-corrected chi connectivity index (χ3v) is 3.22. The monoisotopic (exact) mass is 312 g/mol. The fourth-order valence-corrected chi connectivity index (χ4v) is 1.87. The quantitative estimate of drug-likeness (QED) is 0.632. The van der Waals surface area contributed by atoms with Gasteiger partial charge in [0.1, 0.15) is 11.5 Å². The second-order valence-corrected chi connectivity index (χ2v) is 4.85. The van der Waals surface area contributed by atoms with E-state index in [9.17, 15) is 4.79 Å². The molecule has 0 radical (unpaired) electrons. The van der Waals surface area contributed by atoms with Crippen molar-refractivity contribution in [2.45, 2.75) is 13.3 Å². The number of carbonyl (C=O) groups is 1. The van der Waals surface area contributed by atoms with E-state index < -0.39 is 0 Å². The van der Waals surface area contributed by atoms with Crippen LogP contribution in [-0.4, -0.2) is 25.8 Å². The van der Waals surface area contributed by atoms with Crippen molar-refractivity contribution in [1.82, 2.24) is 5.43 Å². The molecule has 2 rings (SSSR count). The number of amides is 1. The lowest BCUT2D eigenvalue weighted by Crippen LogP contribution is -2.24. The highest BCUT2D eigenvalue weighted by atomic mass is 16.5. The maximum absolute atomic E-state index is 11.7. The number of hydrazone groups is 1. The van der Waals surface area contributed by atoms with Crippen LogP contribution in [0.5, 0.6) is 11.5 Å². The highest BCUT2D eigenvalue weighted by Crippen LogP contribution is 2.12. The molecule has 0 heterocycles. The van der Waals surface area contributed by atoms with Gasteiger partial charge in [-0.3, -0.25) is 4.79 Å². The highest BCUT2D eigenvalue weighted by Gasteiger charge is 2.01. The van der Waals surface area contributed by atoms with Crippen molar-refractivity contribution < 1.29 is 14.3 Å². The molecule has 0 saturated carbocycles. The zero-order valence-corrected chi connectivity index (χ0v) is 13.3. The van der Waals surface area contributed by atoms with Gasteiger partial charge in [0.2, 0.25) is 0 Å². The molecule has 0 unspecified atom stereocenters. The summed E-state index contributed by atoms with van der Waals surface area (Å²) in [5, 5.41) is 3.89. The van der Waals surface area contributed by atoms with Crippen molar-refractivity contribution >= 4 is 12.1 Å². The van der Waals surface area contributed by atoms with Crippen LogP contribution in [0.15, 0.2) is 53.6 Å². The molecule has 0 bridgehead atoms. The molecule has 1 N–H and O–H groups in total. The van der Waals surface area contributed by atoms with E-state index in [0.717, 1.165) is 17.7 Å². The van der Waals surface area contributed by atoms with E-state index in [1.807, 2.05) is 48.5 Å². The molecule has 0 saturated heterocycles. The molecule has 1 amide bonds. The van der Waals surface area contributed by atoms with Gasteiger partial charge in [-0.1, -0.05) is 19.1 Å². The smallest absolute Gasteiger partial charge is 0.277 e. The van der Waals surface area contributed by atoms with Crippen molar-refractivity contribution in [2.75, 3.05) is 13.7 Å². The van der Waals surface area contributed by atoms with Gasteiger partial charge >= 0.3 is 0 Å². The molecule has 0 aliphatic heterocycles. The number of carbonyl (C=O) groups excluding carboxylic acids is 1. The summed E-state index contributed by atoms with van der Waals surface area (Å²) in [7, 11) is 1.61. The van der Waals surface area contributed by atoms with E-state index in [1.165, 1.54) is 5.56 Å². The van der Waals surface area contributed by atoms with Crippen LogP contribution in [0.1, 0.15) is 18.1 Å². The van der Waals surface area contributed by atoms with Crippen molar-refractivity contribution in [3.8, 4) is 11.5 Å². The minimum atomic E-state index is -0.311. The SMILES string of the molecule is CCc1ccc(OCC(=O)N/N=C/c2ccc(OC)cc2)cc1. The molecule has 0 aromatic heterocycles. The number of nitrogens with zero attached hydrogens (tertiary/aromatic N) is 1. The Morgan fingerprint density at radius 3 is 2.35 bits per heavy atom. The molecule has 5 nitrogen and oxygen atoms in total. The number of ether oxygens (including phenoxy) is 2. The number of hydrogen-bond donors (Lipinski definition) is 1. The van der Waals surface area contributed by atoms with Crippen LogP contribution in [0.3, 0.4) is 0 Å². The van der Waals surface area contributed by atoms with Gasteiger partial charge in [-0.2, -0.15) is 5.10 Å². The largest absolute Gasteiger partial charge is 0.497 e. The van der Waals surface area contributed by atoms with Gasteiger partial charge in [0.25, 0.3) is 5.91 Å². The van der Waals surface area contributed by atoms with Crippen LogP contribution in [0.25, 0.3) is 0 Å². The molecule has 23 heavy (non-hydrogen) atoms. The van der Waals surface area contributed by atoms with Crippen LogP contribution >= 0.6 is 0 Å². The molecule has 5 heteroatoms. The summed E-state index contributed by atoms with van der Waals surface area (Å²) >= 11 is 0. The molecular weight excluding hydrogens is 292 g/mol. The summed E-state index contributed by atoms with van der Waals surface area (Å²) in [6.45, 7) is 2.01. The molecule has 2 aromatic rings. The molecule has 0 fully saturated rings. The average Bonchev–Trinajstić information content (AvgIpc) is 2.61. The fraction of sp³-hybridized carbons (Fsp3) is 0.222. The zero-order chi connectivity index (χ0) is 16.5. The third kappa shape index (κ3) is 5.47. The summed E-state index contributed by atoms with van der Waals surface area (Å²) < 4.78 is 10.5. The lowest BCUT2D eigenvalue weighted by Gasteiger charge is -2.05. The summed E-state index contributed by atoms with van der Waals surface area (Å²) in [4.78, 5) is 11.7. The summed E-state index contributed by atoms with van der Waals surface area (Å²) in [5.41, 5.74) is 4.52. The van der Waals surface area contributed by atoms with Crippen LogP contribution in [0, 0.1) is 0 Å². The predicted octanol–water partition coefficient (Wildman–Crippen LogP) is 2.79. The first-order valence-electron chi connectivity index (χ1n) is 7.39. The van der Waals surface area contributed by atoms with Crippen LogP contribution in [-0.2, 0) is 11.2 Å². The van der Waals surface area contributed by atoms with Crippen molar-refractivity contribution in [3.05, 3.63) is 59.7 Å². The maximum atomic E-state index is 11.7. The Kier molecular flexibility index (Phi) is 6.17. The lowest BCUT2D eigenvalue weighted by molar-refractivity contribution is -0.123. The minimum Gasteiger partial charge on any atom is -0.497 e. The maximum Gasteiger partial charge on any atom is 0.277 e. The second-order valence-electron chi connectivity index (χ2n) is 4.85. The van der Waals surface area contributed by atoms with Crippen LogP contribution < -0.4 is 14.9 Å². The Morgan fingerprint density at radius 1 is 1.09 bits per heavy atom. The van der Waals surface area contributed by atoms with Crippen LogP contribution in [0.4, 0.5) is 0 Å². The second kappa shape index (κ2) is 8.58. The standard InChI is InChI=1S/C18H20N2O3/c1-3-14-4-10-17(11-5-14)23-13-18(21)20-19-12-15-6-8-16(22-2)9-7-15/h4-12H,3,13H2,1-2H3,(H,20,21)/b19-12+. The first kappa shape index (κ1) is 16.5. The van der Waals surface area contributed by atoms with Gasteiger partial charge in [0.15, 0.2) is 6.61 Å². The van der Waals surface area contributed by atoms with Gasteiger partial charge in [-0.05, 0) is 53.9 Å². The van der Waals surface area contributed by atoms with E-state index in [0.29, 0.717) is 5.75 Å². The van der Waals surface area contributed by atoms with Crippen LogP contribution in [0.2, 0.25) is 0 Å². The third-order valence-electron chi connectivity index (χ3n) is 3.22. The molecule has 0 aliphatic carbocycles. The van der Waals surface area contributed by atoms with Crippen molar-refractivity contribution in [2.24, 2.45) is 5.10 Å². The molecule has 0 aliphatic rings. The first-order chi connectivity index (χ1) is 11.2. The zero-order valence-electron chi connectivity index (χ0n) is 13.3. The van der Waals surface area contributed by atoms with E-state index in [4.69, 9.17) is 9.47 Å². The molecule has 0 atom stereocenters. The number of methoxy groups -OCH3 is 1. The lowest BCUT2D eigenvalue weighted by atomic mass is 10.2. The molecule has 0 spiro atoms. The van der Waals surface area contributed by atoms with Gasteiger partial charge in [0, 0.05) is 0 Å². The van der Waals surface area contributed by atoms with Crippen molar-refractivity contribution in [1.29, 1.82) is 0 Å². The number of hydrogen-bond acceptors (Lipinski definition) is 4. The van der Waals surface area contributed by atoms with Gasteiger partial charge < -0.3 is 9.47 Å². The van der Waals surface area contributed by atoms with E-state index in [-0.39, 0.29) is 12.5 Å². The number of nitrogens with one attached hydrogen (secondary N) is 1. The van der Waals surface area contributed by atoms with Gasteiger partial charge in [-0.15, -0.1) is 0 Å². The number of aryl methyl sites for hydroxylation is 1. The van der Waals surface area contributed by atoms with Crippen molar-refractivity contribution in [3.63, 3.8) is 0 Å². The Bertz CT molecular complexity index is 649. The van der Waals surface area contributed by atoms with E-state index in [2.05, 4.69) is 17.5 Å². The molecular formula is C18H20N2O3. The highest BCUT2D eigenvalue weighted by molar-refractivity contribution is 5.83. The van der Waals surface area contributed by atoms with Gasteiger partial charge in [0.05, 0.1) is 13.3 Å². The minimum absolute atomic E-state index is 0.0780. The first-order valence-corrected chi connectivity index (χ1v) is 7.39. The van der Waals surface area contributed by atoms with E-state index in [1.54, 1.807) is 13.3 Å². The average molecular weight is 312 g/mol. The topological polar surface area (TPSA) is 59.9 Å². The summed E-state index contributed by atoms with van der Waals surface area (Å²) in [6.07, 6.45) is 2.54. The molecule has 2 aromatic carbocycles.